The fraction of sp³-hybridized carbons (Fsp3) is 0.300. The van der Waals surface area contributed by atoms with Crippen LogP contribution in [0, 0.1) is 0 Å². The SMILES string of the molecule is CN(C)CCN(C(=O)CCS(=O)(=O)c1ccc(Cl)cc1)c1nc2c(Cl)cccc2s1.Cl. The van der Waals surface area contributed by atoms with Gasteiger partial charge in [0.15, 0.2) is 15.0 Å². The number of thiazole rings is 1. The first kappa shape index (κ1) is 25.8. The number of hydrogen-bond donors (Lipinski definition) is 0. The topological polar surface area (TPSA) is 70.6 Å². The molecule has 1 amide bonds. The molecule has 0 atom stereocenters. The fourth-order valence-electron chi connectivity index (χ4n) is 2.76. The molecule has 0 N–H and O–H groups in total. The molecule has 2 aromatic carbocycles. The van der Waals surface area contributed by atoms with Gasteiger partial charge in [0, 0.05) is 24.5 Å². The van der Waals surface area contributed by atoms with Gasteiger partial charge in [-0.15, -0.1) is 12.4 Å². The number of halogens is 3. The Morgan fingerprint density at radius 1 is 1.06 bits per heavy atom. The van der Waals surface area contributed by atoms with Gasteiger partial charge in [0.25, 0.3) is 0 Å². The molecule has 0 aliphatic rings. The summed E-state index contributed by atoms with van der Waals surface area (Å²) >= 11 is 13.4. The van der Waals surface area contributed by atoms with Crippen molar-refractivity contribution in [2.45, 2.75) is 11.3 Å². The Balaban J connectivity index is 0.00000341. The number of amides is 1. The van der Waals surface area contributed by atoms with Crippen LogP contribution in [-0.4, -0.2) is 57.1 Å². The highest BCUT2D eigenvalue weighted by molar-refractivity contribution is 7.91. The lowest BCUT2D eigenvalue weighted by Gasteiger charge is -2.22. The van der Waals surface area contributed by atoms with E-state index in [0.717, 1.165) is 4.70 Å². The van der Waals surface area contributed by atoms with Crippen molar-refractivity contribution < 1.29 is 13.2 Å². The second-order valence-corrected chi connectivity index (χ2v) is 10.9. The summed E-state index contributed by atoms with van der Waals surface area (Å²) in [5, 5.41) is 1.48. The number of hydrogen-bond acceptors (Lipinski definition) is 6. The Morgan fingerprint density at radius 2 is 1.74 bits per heavy atom. The third-order valence-electron chi connectivity index (χ3n) is 4.42. The Kier molecular flexibility index (Phi) is 9.12. The number of anilines is 1. The van der Waals surface area contributed by atoms with E-state index in [9.17, 15) is 13.2 Å². The molecule has 0 saturated carbocycles. The van der Waals surface area contributed by atoms with Gasteiger partial charge >= 0.3 is 0 Å². The molecule has 0 aliphatic heterocycles. The largest absolute Gasteiger partial charge is 0.308 e. The van der Waals surface area contributed by atoms with Crippen LogP contribution in [0.1, 0.15) is 6.42 Å². The van der Waals surface area contributed by atoms with E-state index in [1.165, 1.54) is 35.6 Å². The summed E-state index contributed by atoms with van der Waals surface area (Å²) in [5.41, 5.74) is 0.635. The van der Waals surface area contributed by atoms with Crippen molar-refractivity contribution in [3.05, 3.63) is 52.5 Å². The van der Waals surface area contributed by atoms with Crippen molar-refractivity contribution in [3.8, 4) is 0 Å². The lowest BCUT2D eigenvalue weighted by molar-refractivity contribution is -0.118. The number of nitrogens with zero attached hydrogens (tertiary/aromatic N) is 3. The van der Waals surface area contributed by atoms with Gasteiger partial charge in [-0.3, -0.25) is 9.69 Å². The van der Waals surface area contributed by atoms with E-state index in [2.05, 4.69) is 4.98 Å². The number of carbonyl (C=O) groups excluding carboxylic acids is 1. The predicted molar refractivity (Wildman–Crippen MR) is 131 cm³/mol. The monoisotopic (exact) mass is 521 g/mol. The first-order valence-corrected chi connectivity index (χ1v) is 12.4. The second-order valence-electron chi connectivity index (χ2n) is 6.95. The average molecular weight is 523 g/mol. The molecular weight excluding hydrogens is 501 g/mol. The highest BCUT2D eigenvalue weighted by atomic mass is 35.5. The van der Waals surface area contributed by atoms with Crippen molar-refractivity contribution in [2.24, 2.45) is 0 Å². The molecule has 0 unspecified atom stereocenters. The summed E-state index contributed by atoms with van der Waals surface area (Å²) in [6.45, 7) is 1.00. The lowest BCUT2D eigenvalue weighted by Crippen LogP contribution is -2.37. The van der Waals surface area contributed by atoms with Crippen LogP contribution in [0.25, 0.3) is 10.2 Å². The van der Waals surface area contributed by atoms with Gasteiger partial charge in [0.2, 0.25) is 5.91 Å². The van der Waals surface area contributed by atoms with Crippen LogP contribution in [0.3, 0.4) is 0 Å². The zero-order valence-electron chi connectivity index (χ0n) is 16.9. The standard InChI is InChI=1S/C20H21Cl2N3O3S2.ClH/c1-24(2)11-12-25(20-23-19-16(22)4-3-5-17(19)29-20)18(26)10-13-30(27,28)15-8-6-14(21)7-9-15;/h3-9H,10-13H2,1-2H3;1H. The van der Waals surface area contributed by atoms with Crippen molar-refractivity contribution in [1.82, 2.24) is 9.88 Å². The Labute approximate surface area is 202 Å². The number of benzene rings is 2. The highest BCUT2D eigenvalue weighted by Crippen LogP contribution is 2.33. The summed E-state index contributed by atoms with van der Waals surface area (Å²) in [6.07, 6.45) is -0.151. The van der Waals surface area contributed by atoms with Crippen molar-refractivity contribution in [3.63, 3.8) is 0 Å². The molecule has 0 saturated heterocycles. The minimum absolute atomic E-state index is 0. The van der Waals surface area contributed by atoms with Crippen LogP contribution in [0.2, 0.25) is 10.0 Å². The predicted octanol–water partition coefficient (Wildman–Crippen LogP) is 4.78. The smallest absolute Gasteiger partial charge is 0.229 e. The molecule has 3 rings (SSSR count). The fourth-order valence-corrected chi connectivity index (χ4v) is 5.43. The van der Waals surface area contributed by atoms with Gasteiger partial charge in [0.1, 0.15) is 5.52 Å². The van der Waals surface area contributed by atoms with E-state index in [4.69, 9.17) is 23.2 Å². The molecule has 6 nitrogen and oxygen atoms in total. The van der Waals surface area contributed by atoms with Gasteiger partial charge in [-0.1, -0.05) is 40.6 Å². The third kappa shape index (κ3) is 6.54. The van der Waals surface area contributed by atoms with Gasteiger partial charge in [0.05, 0.1) is 20.4 Å². The van der Waals surface area contributed by atoms with Crippen LogP contribution in [0.15, 0.2) is 47.4 Å². The van der Waals surface area contributed by atoms with Crippen LogP contribution < -0.4 is 4.90 Å². The van der Waals surface area contributed by atoms with Gasteiger partial charge in [-0.05, 0) is 50.5 Å². The molecular formula is C20H22Cl3N3O3S2. The average Bonchev–Trinajstić information content (AvgIpc) is 3.12. The van der Waals surface area contributed by atoms with Crippen LogP contribution in [0.4, 0.5) is 5.13 Å². The third-order valence-corrected chi connectivity index (χ3v) is 7.75. The van der Waals surface area contributed by atoms with Crippen LogP contribution >= 0.6 is 46.9 Å². The zero-order chi connectivity index (χ0) is 21.9. The Morgan fingerprint density at radius 3 is 2.35 bits per heavy atom. The molecule has 0 fully saturated rings. The number of rotatable bonds is 8. The second kappa shape index (κ2) is 10.9. The van der Waals surface area contributed by atoms with Gasteiger partial charge in [-0.25, -0.2) is 13.4 Å². The summed E-state index contributed by atoms with van der Waals surface area (Å²) in [6, 6.07) is 11.4. The molecule has 0 radical (unpaired) electrons. The minimum Gasteiger partial charge on any atom is -0.308 e. The Hall–Kier alpha value is -1.42. The van der Waals surface area contributed by atoms with E-state index >= 15 is 0 Å². The molecule has 0 bridgehead atoms. The number of likely N-dealkylation sites (N-methyl/N-ethyl adjacent to an activating group) is 1. The maximum atomic E-state index is 13.0. The van der Waals surface area contributed by atoms with Crippen LogP contribution in [0.5, 0.6) is 0 Å². The molecule has 1 aromatic heterocycles. The summed E-state index contributed by atoms with van der Waals surface area (Å²) in [7, 11) is 0.206. The normalized spacial score (nSPS) is 11.5. The van der Waals surface area contributed by atoms with Crippen molar-refractivity contribution in [1.29, 1.82) is 0 Å². The number of fused-ring (bicyclic) bond motifs is 1. The molecule has 31 heavy (non-hydrogen) atoms. The van der Waals surface area contributed by atoms with E-state index in [0.29, 0.717) is 33.8 Å². The molecule has 1 heterocycles. The van der Waals surface area contributed by atoms with E-state index in [-0.39, 0.29) is 35.4 Å². The van der Waals surface area contributed by atoms with E-state index in [1.807, 2.05) is 31.1 Å². The molecule has 0 aliphatic carbocycles. The Bertz CT molecular complexity index is 1150. The first-order chi connectivity index (χ1) is 14.2. The number of para-hydroxylation sites is 1. The molecule has 3 aromatic rings. The molecule has 11 heteroatoms. The first-order valence-electron chi connectivity index (χ1n) is 9.16. The lowest BCUT2D eigenvalue weighted by atomic mass is 10.3. The number of aromatic nitrogens is 1. The van der Waals surface area contributed by atoms with Crippen molar-refractivity contribution in [2.75, 3.05) is 37.8 Å². The summed E-state index contributed by atoms with van der Waals surface area (Å²) in [4.78, 5) is 21.2. The maximum absolute atomic E-state index is 13.0. The minimum atomic E-state index is -3.61. The molecule has 168 valence electrons. The zero-order valence-corrected chi connectivity index (χ0v) is 20.9. The van der Waals surface area contributed by atoms with E-state index in [1.54, 1.807) is 11.0 Å². The maximum Gasteiger partial charge on any atom is 0.229 e. The number of carbonyl (C=O) groups is 1. The quantitative estimate of drug-likeness (QED) is 0.426. The molecule has 0 spiro atoms. The van der Waals surface area contributed by atoms with E-state index < -0.39 is 9.84 Å². The number of sulfone groups is 1. The van der Waals surface area contributed by atoms with Gasteiger partial charge in [-0.2, -0.15) is 0 Å². The van der Waals surface area contributed by atoms with Gasteiger partial charge < -0.3 is 4.90 Å². The summed E-state index contributed by atoms with van der Waals surface area (Å²) in [5.74, 6) is -0.595. The highest BCUT2D eigenvalue weighted by Gasteiger charge is 2.23. The summed E-state index contributed by atoms with van der Waals surface area (Å²) < 4.78 is 26.1. The van der Waals surface area contributed by atoms with Crippen molar-refractivity contribution >= 4 is 78.0 Å². The van der Waals surface area contributed by atoms with Crippen LogP contribution in [-0.2, 0) is 14.6 Å².